The Bertz CT molecular complexity index is 657. The predicted molar refractivity (Wildman–Crippen MR) is 68.5 cm³/mol. The van der Waals surface area contributed by atoms with E-state index in [4.69, 9.17) is 14.9 Å². The maximum Gasteiger partial charge on any atom is 0.333 e. The van der Waals surface area contributed by atoms with Crippen LogP contribution in [0.1, 0.15) is 0 Å². The number of aliphatic hydroxyl groups is 1. The molecule has 0 aliphatic rings. The van der Waals surface area contributed by atoms with Gasteiger partial charge in [0.15, 0.2) is 6.10 Å². The quantitative estimate of drug-likeness (QED) is 0.441. The molecule has 1 rings (SSSR count). The molecule has 1 aromatic carbocycles. The summed E-state index contributed by atoms with van der Waals surface area (Å²) in [4.78, 5) is 19.8. The summed E-state index contributed by atoms with van der Waals surface area (Å²) in [5.41, 5.74) is -0.477. The van der Waals surface area contributed by atoms with E-state index in [0.717, 1.165) is 18.2 Å². The first-order valence-electron chi connectivity index (χ1n) is 5.42. The zero-order valence-corrected chi connectivity index (χ0v) is 11.5. The lowest BCUT2D eigenvalue weighted by Crippen LogP contribution is -2.36. The summed E-state index contributed by atoms with van der Waals surface area (Å²) in [5.74, 6) is -1.76. The molecule has 1 unspecified atom stereocenters. The lowest BCUT2D eigenvalue weighted by atomic mass is 10.3. The minimum absolute atomic E-state index is 0.155. The van der Waals surface area contributed by atoms with Crippen LogP contribution < -0.4 is 9.46 Å². The highest BCUT2D eigenvalue weighted by atomic mass is 32.2. The van der Waals surface area contributed by atoms with Crippen LogP contribution in [0.4, 0.5) is 5.69 Å². The van der Waals surface area contributed by atoms with Gasteiger partial charge in [-0.15, -0.1) is 0 Å². The second-order valence-corrected chi connectivity index (χ2v) is 5.53. The summed E-state index contributed by atoms with van der Waals surface area (Å²) in [6.07, 6.45) is -1.94. The fourth-order valence-electron chi connectivity index (χ4n) is 1.34. The van der Waals surface area contributed by atoms with Crippen molar-refractivity contribution in [3.8, 4) is 5.75 Å². The average Bonchev–Trinajstić information content (AvgIpc) is 2.43. The SMILES string of the molecule is COc1ccc([N+](=O)[O-])cc1S(=O)(=O)NCC(O)C(=O)O. The van der Waals surface area contributed by atoms with Crippen LogP contribution in [-0.4, -0.2) is 49.3 Å². The summed E-state index contributed by atoms with van der Waals surface area (Å²) < 4.78 is 30.6. The van der Waals surface area contributed by atoms with E-state index in [1.807, 2.05) is 4.72 Å². The molecule has 0 fully saturated rings. The Hall–Kier alpha value is -2.24. The number of nitrogens with one attached hydrogen (secondary N) is 1. The molecule has 116 valence electrons. The van der Waals surface area contributed by atoms with Crippen molar-refractivity contribution in [1.29, 1.82) is 0 Å². The van der Waals surface area contributed by atoms with Crippen molar-refractivity contribution in [2.75, 3.05) is 13.7 Å². The minimum atomic E-state index is -4.29. The number of carbonyl (C=O) groups is 1. The van der Waals surface area contributed by atoms with Crippen LogP contribution >= 0.6 is 0 Å². The number of nitrogens with zero attached hydrogens (tertiary/aromatic N) is 1. The van der Waals surface area contributed by atoms with Gasteiger partial charge in [-0.1, -0.05) is 0 Å². The van der Waals surface area contributed by atoms with Gasteiger partial charge in [-0.05, 0) is 6.07 Å². The molecule has 0 aliphatic heterocycles. The number of carboxylic acid groups (broad SMARTS) is 1. The normalized spacial score (nSPS) is 12.7. The van der Waals surface area contributed by atoms with Gasteiger partial charge < -0.3 is 14.9 Å². The Morgan fingerprint density at radius 1 is 1.52 bits per heavy atom. The summed E-state index contributed by atoms with van der Waals surface area (Å²) in [5, 5.41) is 28.2. The third kappa shape index (κ3) is 4.11. The summed E-state index contributed by atoms with van der Waals surface area (Å²) in [6, 6.07) is 2.93. The number of aliphatic hydroxyl groups excluding tert-OH is 1. The number of aliphatic carboxylic acids is 1. The second-order valence-electron chi connectivity index (χ2n) is 3.80. The van der Waals surface area contributed by atoms with E-state index < -0.39 is 44.1 Å². The van der Waals surface area contributed by atoms with E-state index in [1.165, 1.54) is 7.11 Å². The topological polar surface area (TPSA) is 156 Å². The van der Waals surface area contributed by atoms with Crippen molar-refractivity contribution in [2.45, 2.75) is 11.0 Å². The number of carboxylic acids is 1. The van der Waals surface area contributed by atoms with Crippen molar-refractivity contribution < 1.29 is 33.1 Å². The molecule has 0 heterocycles. The molecular formula is C10H12N2O8S. The zero-order chi connectivity index (χ0) is 16.2. The number of hydrogen-bond acceptors (Lipinski definition) is 7. The van der Waals surface area contributed by atoms with Gasteiger partial charge in [-0.2, -0.15) is 0 Å². The van der Waals surface area contributed by atoms with Gasteiger partial charge in [0.05, 0.1) is 12.0 Å². The van der Waals surface area contributed by atoms with Crippen molar-refractivity contribution in [3.05, 3.63) is 28.3 Å². The summed E-state index contributed by atoms with van der Waals surface area (Å²) in [7, 11) is -3.12. The third-order valence-corrected chi connectivity index (χ3v) is 3.84. The Morgan fingerprint density at radius 2 is 2.14 bits per heavy atom. The molecule has 0 saturated heterocycles. The molecule has 0 aliphatic carbocycles. The van der Waals surface area contributed by atoms with Gasteiger partial charge in [-0.3, -0.25) is 10.1 Å². The average molecular weight is 320 g/mol. The number of nitro groups is 1. The molecule has 0 saturated carbocycles. The third-order valence-electron chi connectivity index (χ3n) is 2.40. The molecule has 0 bridgehead atoms. The Labute approximate surface area is 119 Å². The van der Waals surface area contributed by atoms with Crippen LogP contribution in [0.2, 0.25) is 0 Å². The van der Waals surface area contributed by atoms with Crippen LogP contribution in [0, 0.1) is 10.1 Å². The maximum atomic E-state index is 12.0. The highest BCUT2D eigenvalue weighted by Gasteiger charge is 2.25. The first kappa shape index (κ1) is 16.8. The number of ether oxygens (including phenoxy) is 1. The summed E-state index contributed by atoms with van der Waals surface area (Å²) >= 11 is 0. The Morgan fingerprint density at radius 3 is 2.62 bits per heavy atom. The molecule has 10 nitrogen and oxygen atoms in total. The van der Waals surface area contributed by atoms with Crippen molar-refractivity contribution in [2.24, 2.45) is 0 Å². The van der Waals surface area contributed by atoms with E-state index in [9.17, 15) is 23.3 Å². The Balaban J connectivity index is 3.14. The molecule has 0 spiro atoms. The molecule has 0 aromatic heterocycles. The molecular weight excluding hydrogens is 308 g/mol. The van der Waals surface area contributed by atoms with Crippen LogP contribution in [0.25, 0.3) is 0 Å². The van der Waals surface area contributed by atoms with Crippen LogP contribution in [0.5, 0.6) is 5.75 Å². The van der Waals surface area contributed by atoms with Crippen LogP contribution in [0.15, 0.2) is 23.1 Å². The van der Waals surface area contributed by atoms with E-state index in [0.29, 0.717) is 0 Å². The minimum Gasteiger partial charge on any atom is -0.495 e. The highest BCUT2D eigenvalue weighted by molar-refractivity contribution is 7.89. The van der Waals surface area contributed by atoms with E-state index >= 15 is 0 Å². The van der Waals surface area contributed by atoms with Crippen molar-refractivity contribution in [1.82, 2.24) is 4.72 Å². The van der Waals surface area contributed by atoms with Crippen LogP contribution in [-0.2, 0) is 14.8 Å². The number of non-ortho nitro benzene ring substituents is 1. The smallest absolute Gasteiger partial charge is 0.333 e. The van der Waals surface area contributed by atoms with E-state index in [1.54, 1.807) is 0 Å². The number of sulfonamides is 1. The number of nitro benzene ring substituents is 1. The van der Waals surface area contributed by atoms with Crippen molar-refractivity contribution >= 4 is 21.7 Å². The van der Waals surface area contributed by atoms with E-state index in [2.05, 4.69) is 0 Å². The zero-order valence-electron chi connectivity index (χ0n) is 10.7. The number of hydrogen-bond donors (Lipinski definition) is 3. The van der Waals surface area contributed by atoms with Crippen LogP contribution in [0.3, 0.4) is 0 Å². The molecule has 21 heavy (non-hydrogen) atoms. The highest BCUT2D eigenvalue weighted by Crippen LogP contribution is 2.27. The fraction of sp³-hybridized carbons (Fsp3) is 0.300. The van der Waals surface area contributed by atoms with Gasteiger partial charge in [0.2, 0.25) is 10.0 Å². The summed E-state index contributed by atoms with van der Waals surface area (Å²) in [6.45, 7) is -0.788. The van der Waals surface area contributed by atoms with Gasteiger partial charge in [0, 0.05) is 18.7 Å². The first-order chi connectivity index (χ1) is 9.69. The van der Waals surface area contributed by atoms with Gasteiger partial charge >= 0.3 is 5.97 Å². The van der Waals surface area contributed by atoms with Gasteiger partial charge in [-0.25, -0.2) is 17.9 Å². The lowest BCUT2D eigenvalue weighted by Gasteiger charge is -2.11. The molecule has 1 atom stereocenters. The standard InChI is InChI=1S/C10H12N2O8S/c1-20-8-3-2-6(12(16)17)4-9(8)21(18,19)11-5-7(13)10(14)15/h2-4,7,11,13H,5H2,1H3,(H,14,15). The largest absolute Gasteiger partial charge is 0.495 e. The number of methoxy groups -OCH3 is 1. The maximum absolute atomic E-state index is 12.0. The van der Waals surface area contributed by atoms with Gasteiger partial charge in [0.25, 0.3) is 5.69 Å². The second kappa shape index (κ2) is 6.47. The monoisotopic (exact) mass is 320 g/mol. The molecule has 11 heteroatoms. The molecule has 0 amide bonds. The lowest BCUT2D eigenvalue weighted by molar-refractivity contribution is -0.385. The first-order valence-corrected chi connectivity index (χ1v) is 6.90. The molecule has 0 radical (unpaired) electrons. The van der Waals surface area contributed by atoms with E-state index in [-0.39, 0.29) is 5.75 Å². The molecule has 1 aromatic rings. The number of benzene rings is 1. The number of rotatable bonds is 7. The van der Waals surface area contributed by atoms with Crippen molar-refractivity contribution in [3.63, 3.8) is 0 Å². The fourth-order valence-corrected chi connectivity index (χ4v) is 2.57. The Kier molecular flexibility index (Phi) is 5.18. The predicted octanol–water partition coefficient (Wildman–Crippen LogP) is -0.673. The van der Waals surface area contributed by atoms with Gasteiger partial charge in [0.1, 0.15) is 10.6 Å². The molecule has 3 N–H and O–H groups in total.